The zero-order chi connectivity index (χ0) is 20.0. The predicted molar refractivity (Wildman–Crippen MR) is 97.9 cm³/mol. The highest BCUT2D eigenvalue weighted by Gasteiger charge is 2.17. The van der Waals surface area contributed by atoms with Crippen molar-refractivity contribution in [3.8, 4) is 0 Å². The summed E-state index contributed by atoms with van der Waals surface area (Å²) in [6.45, 7) is 0. The van der Waals surface area contributed by atoms with E-state index in [-0.39, 0.29) is 29.1 Å². The number of anilines is 1. The number of carbonyl (C=O) groups excluding carboxylic acids is 1. The van der Waals surface area contributed by atoms with E-state index in [0.29, 0.717) is 11.3 Å². The molecule has 0 spiro atoms. The van der Waals surface area contributed by atoms with Crippen LogP contribution in [0, 0.1) is 15.0 Å². The molecule has 0 aliphatic rings. The Morgan fingerprint density at radius 2 is 1.89 bits per heavy atom. The van der Waals surface area contributed by atoms with Crippen molar-refractivity contribution in [3.63, 3.8) is 0 Å². The highest BCUT2D eigenvalue weighted by Crippen LogP contribution is 2.26. The molecule has 0 fully saturated rings. The Labute approximate surface area is 158 Å². The van der Waals surface area contributed by atoms with Gasteiger partial charge in [-0.2, -0.15) is 4.91 Å². The smallest absolute Gasteiger partial charge is 0.303 e. The van der Waals surface area contributed by atoms with Gasteiger partial charge in [0.05, 0.1) is 4.92 Å². The van der Waals surface area contributed by atoms with Crippen LogP contribution in [0.25, 0.3) is 0 Å². The Bertz CT molecular complexity index is 885. The largest absolute Gasteiger partial charge is 0.481 e. The van der Waals surface area contributed by atoms with Crippen molar-refractivity contribution >= 4 is 34.9 Å². The van der Waals surface area contributed by atoms with Crippen molar-refractivity contribution < 1.29 is 19.6 Å². The number of nitro benzene ring substituents is 1. The summed E-state index contributed by atoms with van der Waals surface area (Å²) in [7, 11) is 0. The number of hydrogen-bond acceptors (Lipinski definition) is 6. The van der Waals surface area contributed by atoms with Gasteiger partial charge in [0.1, 0.15) is 11.1 Å². The van der Waals surface area contributed by atoms with Crippen LogP contribution in [0.4, 0.5) is 11.4 Å². The van der Waals surface area contributed by atoms with E-state index in [1.807, 2.05) is 0 Å². The monoisotopic (exact) mass is 391 g/mol. The summed E-state index contributed by atoms with van der Waals surface area (Å²) < 4.78 is 0. The first-order chi connectivity index (χ1) is 12.8. The molecule has 1 unspecified atom stereocenters. The van der Waals surface area contributed by atoms with Crippen molar-refractivity contribution in [1.29, 1.82) is 0 Å². The summed E-state index contributed by atoms with van der Waals surface area (Å²) in [4.78, 5) is 44.0. The number of nitrogens with one attached hydrogen (secondary N) is 1. The molecule has 1 atom stereocenters. The second-order valence-electron chi connectivity index (χ2n) is 5.55. The van der Waals surface area contributed by atoms with Crippen LogP contribution in [0.5, 0.6) is 0 Å². The fourth-order valence-electron chi connectivity index (χ4n) is 2.33. The number of amides is 1. The van der Waals surface area contributed by atoms with Gasteiger partial charge < -0.3 is 10.4 Å². The van der Waals surface area contributed by atoms with E-state index in [0.717, 1.165) is 6.07 Å². The zero-order valence-electron chi connectivity index (χ0n) is 13.8. The SMILES string of the molecule is O=NC(CCC(=O)O)c1ccc(NC(=O)c2ccc(Cl)c([N+](=O)[O-])c2)cc1. The molecule has 0 saturated heterocycles. The Hall–Kier alpha value is -3.33. The number of nitroso groups, excluding NO2 is 1. The van der Waals surface area contributed by atoms with Gasteiger partial charge in [0.2, 0.25) is 0 Å². The second kappa shape index (κ2) is 8.86. The van der Waals surface area contributed by atoms with Crippen molar-refractivity contribution in [2.75, 3.05) is 5.32 Å². The standard InChI is InChI=1S/C17H14ClN3O6/c18-13-6-3-11(9-15(13)21(26)27)17(24)19-12-4-1-10(2-5-12)14(20-25)7-8-16(22)23/h1-6,9,14H,7-8H2,(H,19,24)(H,22,23). The van der Waals surface area contributed by atoms with Gasteiger partial charge in [0.15, 0.2) is 0 Å². The van der Waals surface area contributed by atoms with E-state index < -0.39 is 22.8 Å². The molecule has 1 amide bonds. The molecular weight excluding hydrogens is 378 g/mol. The lowest BCUT2D eigenvalue weighted by Crippen LogP contribution is -2.12. The van der Waals surface area contributed by atoms with Gasteiger partial charge >= 0.3 is 5.97 Å². The summed E-state index contributed by atoms with van der Waals surface area (Å²) in [6.07, 6.45) is -0.122. The Kier molecular flexibility index (Phi) is 6.56. The Morgan fingerprint density at radius 1 is 1.22 bits per heavy atom. The third-order valence-corrected chi connectivity index (χ3v) is 4.04. The molecule has 0 aromatic heterocycles. The molecule has 2 aromatic carbocycles. The first-order valence-electron chi connectivity index (χ1n) is 7.71. The summed E-state index contributed by atoms with van der Waals surface area (Å²) in [5.74, 6) is -1.59. The van der Waals surface area contributed by atoms with E-state index in [1.165, 1.54) is 24.3 Å². The second-order valence-corrected chi connectivity index (χ2v) is 5.96. The lowest BCUT2D eigenvalue weighted by Gasteiger charge is -2.10. The van der Waals surface area contributed by atoms with Crippen LogP contribution in [0.15, 0.2) is 47.6 Å². The van der Waals surface area contributed by atoms with Crippen molar-refractivity contribution in [3.05, 3.63) is 73.6 Å². The van der Waals surface area contributed by atoms with E-state index in [1.54, 1.807) is 12.1 Å². The lowest BCUT2D eigenvalue weighted by atomic mass is 10.0. The van der Waals surface area contributed by atoms with Crippen molar-refractivity contribution in [1.82, 2.24) is 0 Å². The maximum absolute atomic E-state index is 12.2. The van der Waals surface area contributed by atoms with Gasteiger partial charge in [0, 0.05) is 23.7 Å². The number of halogens is 1. The molecule has 27 heavy (non-hydrogen) atoms. The molecule has 0 heterocycles. The molecule has 140 valence electrons. The number of nitrogens with zero attached hydrogens (tertiary/aromatic N) is 2. The average Bonchev–Trinajstić information content (AvgIpc) is 2.63. The molecule has 9 nitrogen and oxygen atoms in total. The molecule has 0 aliphatic carbocycles. The normalized spacial score (nSPS) is 11.4. The molecule has 2 N–H and O–H groups in total. The molecule has 0 saturated carbocycles. The molecular formula is C17H14ClN3O6. The van der Waals surface area contributed by atoms with Gasteiger partial charge in [-0.25, -0.2) is 0 Å². The molecule has 10 heteroatoms. The number of nitro groups is 1. The number of benzene rings is 2. The van der Waals surface area contributed by atoms with E-state index in [9.17, 15) is 24.6 Å². The van der Waals surface area contributed by atoms with Gasteiger partial charge in [0.25, 0.3) is 11.6 Å². The number of hydrogen-bond donors (Lipinski definition) is 2. The van der Waals surface area contributed by atoms with Crippen LogP contribution in [-0.2, 0) is 4.79 Å². The number of carboxylic acids is 1. The highest BCUT2D eigenvalue weighted by molar-refractivity contribution is 6.32. The first kappa shape index (κ1) is 20.0. The highest BCUT2D eigenvalue weighted by atomic mass is 35.5. The van der Waals surface area contributed by atoms with Gasteiger partial charge in [-0.3, -0.25) is 19.7 Å². The topological polar surface area (TPSA) is 139 Å². The minimum Gasteiger partial charge on any atom is -0.481 e. The molecule has 0 aliphatic heterocycles. The van der Waals surface area contributed by atoms with Crippen molar-refractivity contribution in [2.24, 2.45) is 5.18 Å². The van der Waals surface area contributed by atoms with Gasteiger partial charge in [-0.05, 0) is 36.2 Å². The minimum absolute atomic E-state index is 0.0593. The summed E-state index contributed by atoms with van der Waals surface area (Å²) >= 11 is 5.72. The van der Waals surface area contributed by atoms with Crippen LogP contribution >= 0.6 is 11.6 Å². The number of carbonyl (C=O) groups is 2. The third-order valence-electron chi connectivity index (χ3n) is 3.72. The molecule has 2 aromatic rings. The summed E-state index contributed by atoms with van der Waals surface area (Å²) in [5.41, 5.74) is 0.595. The quantitative estimate of drug-likeness (QED) is 0.393. The van der Waals surface area contributed by atoms with Gasteiger partial charge in [-0.15, -0.1) is 0 Å². The van der Waals surface area contributed by atoms with Crippen LogP contribution in [0.3, 0.4) is 0 Å². The van der Waals surface area contributed by atoms with Crippen LogP contribution < -0.4 is 5.32 Å². The summed E-state index contributed by atoms with van der Waals surface area (Å²) in [5, 5.41) is 25.0. The lowest BCUT2D eigenvalue weighted by molar-refractivity contribution is -0.384. The van der Waals surface area contributed by atoms with E-state index in [4.69, 9.17) is 16.7 Å². The first-order valence-corrected chi connectivity index (χ1v) is 8.09. The molecule has 2 rings (SSSR count). The van der Waals surface area contributed by atoms with E-state index >= 15 is 0 Å². The molecule has 0 radical (unpaired) electrons. The Balaban J connectivity index is 2.10. The number of carboxylic acid groups (broad SMARTS) is 1. The van der Waals surface area contributed by atoms with Crippen LogP contribution in [0.1, 0.15) is 34.8 Å². The van der Waals surface area contributed by atoms with E-state index in [2.05, 4.69) is 10.5 Å². The third kappa shape index (κ3) is 5.32. The fourth-order valence-corrected chi connectivity index (χ4v) is 2.51. The van der Waals surface area contributed by atoms with Crippen LogP contribution in [0.2, 0.25) is 5.02 Å². The maximum Gasteiger partial charge on any atom is 0.303 e. The molecule has 0 bridgehead atoms. The van der Waals surface area contributed by atoms with Gasteiger partial charge in [-0.1, -0.05) is 28.9 Å². The number of aliphatic carboxylic acids is 1. The number of rotatable bonds is 8. The zero-order valence-corrected chi connectivity index (χ0v) is 14.5. The van der Waals surface area contributed by atoms with Crippen molar-refractivity contribution in [2.45, 2.75) is 18.9 Å². The minimum atomic E-state index is -1.02. The predicted octanol–water partition coefficient (Wildman–Crippen LogP) is 4.17. The average molecular weight is 392 g/mol. The maximum atomic E-state index is 12.2. The Morgan fingerprint density at radius 3 is 2.44 bits per heavy atom. The van der Waals surface area contributed by atoms with Crippen LogP contribution in [-0.4, -0.2) is 21.9 Å². The summed E-state index contributed by atoms with van der Waals surface area (Å²) in [6, 6.07) is 9.04. The fraction of sp³-hybridized carbons (Fsp3) is 0.176.